The Labute approximate surface area is 172 Å². The average molecular weight is 414 g/mol. The van der Waals surface area contributed by atoms with Gasteiger partial charge in [0.2, 0.25) is 0 Å². The van der Waals surface area contributed by atoms with Crippen molar-refractivity contribution in [3.05, 3.63) is 41.9 Å². The number of nitrogens with zero attached hydrogens (tertiary/aromatic N) is 3. The minimum Gasteiger partial charge on any atom is -0.358 e. The standard InChI is InChI=1S/C21H24F2N6O/c1-3-14-4-5-16-18(26-14)17(12-24-16)28-20(30)27-15-10-13(2)19(25-11-15)29-8-6-21(22,23)7-9-29/h4-5,10-12,24H,3,6-9H2,1-2H3,(H2,27,28,30). The second-order valence-electron chi connectivity index (χ2n) is 7.54. The maximum atomic E-state index is 13.4. The van der Waals surface area contributed by atoms with Crippen LogP contribution in [0.25, 0.3) is 11.0 Å². The van der Waals surface area contributed by atoms with E-state index in [2.05, 4.69) is 25.6 Å². The van der Waals surface area contributed by atoms with Crippen LogP contribution in [0, 0.1) is 6.92 Å². The number of carbonyl (C=O) groups is 1. The Bertz CT molecular complexity index is 1070. The molecule has 0 unspecified atom stereocenters. The zero-order valence-electron chi connectivity index (χ0n) is 16.9. The molecule has 0 bridgehead atoms. The lowest BCUT2D eigenvalue weighted by atomic mass is 10.1. The molecule has 1 saturated heterocycles. The number of hydrogen-bond donors (Lipinski definition) is 3. The van der Waals surface area contributed by atoms with Gasteiger partial charge in [0.25, 0.3) is 5.92 Å². The number of alkyl halides is 2. The number of hydrogen-bond acceptors (Lipinski definition) is 4. The molecule has 1 aliphatic heterocycles. The zero-order chi connectivity index (χ0) is 21.3. The molecule has 3 aromatic rings. The summed E-state index contributed by atoms with van der Waals surface area (Å²) in [4.78, 5) is 26.4. The molecule has 3 N–H and O–H groups in total. The number of nitrogens with one attached hydrogen (secondary N) is 3. The predicted molar refractivity (Wildman–Crippen MR) is 113 cm³/mol. The van der Waals surface area contributed by atoms with Gasteiger partial charge in [0.1, 0.15) is 11.3 Å². The van der Waals surface area contributed by atoms with Gasteiger partial charge in [0.05, 0.1) is 23.1 Å². The van der Waals surface area contributed by atoms with Crippen molar-refractivity contribution in [3.8, 4) is 0 Å². The van der Waals surface area contributed by atoms with Gasteiger partial charge in [-0.05, 0) is 37.1 Å². The van der Waals surface area contributed by atoms with Crippen molar-refractivity contribution in [1.82, 2.24) is 15.0 Å². The fourth-order valence-electron chi connectivity index (χ4n) is 3.63. The first-order valence-corrected chi connectivity index (χ1v) is 9.99. The molecule has 7 nitrogen and oxygen atoms in total. The summed E-state index contributed by atoms with van der Waals surface area (Å²) in [7, 11) is 0. The second kappa shape index (κ2) is 7.89. The monoisotopic (exact) mass is 414 g/mol. The van der Waals surface area contributed by atoms with Gasteiger partial charge in [-0.1, -0.05) is 6.92 Å². The molecule has 0 atom stereocenters. The van der Waals surface area contributed by atoms with E-state index in [1.807, 2.05) is 30.9 Å². The summed E-state index contributed by atoms with van der Waals surface area (Å²) >= 11 is 0. The van der Waals surface area contributed by atoms with Crippen LogP contribution in [0.4, 0.5) is 30.8 Å². The number of fused-ring (bicyclic) bond motifs is 1. The number of halogens is 2. The van der Waals surface area contributed by atoms with Gasteiger partial charge in [-0.25, -0.2) is 23.5 Å². The third-order valence-corrected chi connectivity index (χ3v) is 5.29. The predicted octanol–water partition coefficient (Wildman–Crippen LogP) is 4.71. The highest BCUT2D eigenvalue weighted by Crippen LogP contribution is 2.31. The Morgan fingerprint density at radius 1 is 1.27 bits per heavy atom. The molecule has 1 aliphatic rings. The summed E-state index contributed by atoms with van der Waals surface area (Å²) in [5.41, 5.74) is 4.43. The molecule has 3 aromatic heterocycles. The van der Waals surface area contributed by atoms with E-state index in [9.17, 15) is 13.6 Å². The lowest BCUT2D eigenvalue weighted by Gasteiger charge is -2.33. The van der Waals surface area contributed by atoms with Gasteiger partial charge in [0, 0.05) is 37.8 Å². The molecular weight excluding hydrogens is 390 g/mol. The number of anilines is 3. The van der Waals surface area contributed by atoms with Crippen LogP contribution in [-0.2, 0) is 6.42 Å². The van der Waals surface area contributed by atoms with Crippen LogP contribution in [0.15, 0.2) is 30.6 Å². The Morgan fingerprint density at radius 3 is 2.73 bits per heavy atom. The number of aromatic amines is 1. The minimum absolute atomic E-state index is 0.172. The smallest absolute Gasteiger partial charge is 0.323 e. The van der Waals surface area contributed by atoms with Gasteiger partial charge >= 0.3 is 6.03 Å². The number of pyridine rings is 2. The van der Waals surface area contributed by atoms with Crippen molar-refractivity contribution in [1.29, 1.82) is 0 Å². The maximum absolute atomic E-state index is 13.4. The summed E-state index contributed by atoms with van der Waals surface area (Å²) < 4.78 is 26.8. The van der Waals surface area contributed by atoms with Crippen LogP contribution in [0.5, 0.6) is 0 Å². The summed E-state index contributed by atoms with van der Waals surface area (Å²) in [6, 6.07) is 5.26. The highest BCUT2D eigenvalue weighted by Gasteiger charge is 2.34. The zero-order valence-corrected chi connectivity index (χ0v) is 16.9. The van der Waals surface area contributed by atoms with E-state index in [-0.39, 0.29) is 25.9 Å². The molecule has 0 spiro atoms. The molecule has 30 heavy (non-hydrogen) atoms. The molecule has 0 aliphatic carbocycles. The molecule has 1 fully saturated rings. The van der Waals surface area contributed by atoms with Gasteiger partial charge in [0.15, 0.2) is 0 Å². The normalized spacial score (nSPS) is 15.9. The Balaban J connectivity index is 1.43. The summed E-state index contributed by atoms with van der Waals surface area (Å²) in [6.07, 6.45) is 3.70. The van der Waals surface area contributed by atoms with Crippen molar-refractivity contribution in [2.24, 2.45) is 0 Å². The fraction of sp³-hybridized carbons (Fsp3) is 0.381. The molecule has 0 aromatic carbocycles. The number of aromatic nitrogens is 3. The largest absolute Gasteiger partial charge is 0.358 e. The number of piperidine rings is 1. The van der Waals surface area contributed by atoms with Crippen molar-refractivity contribution in [2.75, 3.05) is 28.6 Å². The van der Waals surface area contributed by atoms with E-state index in [1.165, 1.54) is 6.20 Å². The highest BCUT2D eigenvalue weighted by atomic mass is 19.3. The quantitative estimate of drug-likeness (QED) is 0.577. The van der Waals surface area contributed by atoms with Crippen molar-refractivity contribution < 1.29 is 13.6 Å². The topological polar surface area (TPSA) is 85.9 Å². The van der Waals surface area contributed by atoms with Crippen LogP contribution in [0.3, 0.4) is 0 Å². The first-order valence-electron chi connectivity index (χ1n) is 9.99. The maximum Gasteiger partial charge on any atom is 0.323 e. The number of H-pyrrole nitrogens is 1. The van der Waals surface area contributed by atoms with Crippen molar-refractivity contribution >= 4 is 34.3 Å². The fourth-order valence-corrected chi connectivity index (χ4v) is 3.63. The molecule has 0 saturated carbocycles. The third kappa shape index (κ3) is 4.19. The third-order valence-electron chi connectivity index (χ3n) is 5.29. The summed E-state index contributed by atoms with van der Waals surface area (Å²) in [5.74, 6) is -1.93. The van der Waals surface area contributed by atoms with Gasteiger partial charge in [-0.3, -0.25) is 0 Å². The van der Waals surface area contributed by atoms with E-state index < -0.39 is 12.0 Å². The first-order chi connectivity index (χ1) is 14.3. The van der Waals surface area contributed by atoms with Crippen LogP contribution >= 0.6 is 0 Å². The van der Waals surface area contributed by atoms with Gasteiger partial charge in [-0.15, -0.1) is 0 Å². The number of carbonyl (C=O) groups excluding carboxylic acids is 1. The Kier molecular flexibility index (Phi) is 5.27. The SMILES string of the molecule is CCc1ccc2[nH]cc(NC(=O)Nc3cnc(N4CCC(F)(F)CC4)c(C)c3)c2n1. The van der Waals surface area contributed by atoms with E-state index in [0.717, 1.165) is 23.2 Å². The molecule has 158 valence electrons. The minimum atomic E-state index is -2.60. The Morgan fingerprint density at radius 2 is 2.03 bits per heavy atom. The van der Waals surface area contributed by atoms with E-state index in [1.54, 1.807) is 12.3 Å². The first kappa shape index (κ1) is 20.1. The van der Waals surface area contributed by atoms with E-state index in [4.69, 9.17) is 0 Å². The molecular formula is C21H24F2N6O. The van der Waals surface area contributed by atoms with Crippen LogP contribution in [0.2, 0.25) is 0 Å². The van der Waals surface area contributed by atoms with Crippen molar-refractivity contribution in [2.45, 2.75) is 39.0 Å². The van der Waals surface area contributed by atoms with Crippen LogP contribution < -0.4 is 15.5 Å². The molecule has 4 heterocycles. The molecule has 4 rings (SSSR count). The highest BCUT2D eigenvalue weighted by molar-refractivity contribution is 6.04. The Hall–Kier alpha value is -3.23. The van der Waals surface area contributed by atoms with E-state index in [0.29, 0.717) is 22.7 Å². The molecule has 2 amide bonds. The lowest BCUT2D eigenvalue weighted by molar-refractivity contribution is -0.0221. The molecule has 0 radical (unpaired) electrons. The molecule has 9 heteroatoms. The van der Waals surface area contributed by atoms with E-state index >= 15 is 0 Å². The van der Waals surface area contributed by atoms with Crippen LogP contribution in [0.1, 0.15) is 31.0 Å². The summed E-state index contributed by atoms with van der Waals surface area (Å²) in [6.45, 7) is 4.41. The lowest BCUT2D eigenvalue weighted by Crippen LogP contribution is -2.40. The number of amides is 2. The average Bonchev–Trinajstić information content (AvgIpc) is 3.10. The van der Waals surface area contributed by atoms with Gasteiger partial charge in [-0.2, -0.15) is 0 Å². The number of rotatable bonds is 4. The van der Waals surface area contributed by atoms with Crippen molar-refractivity contribution in [3.63, 3.8) is 0 Å². The number of urea groups is 1. The van der Waals surface area contributed by atoms with Crippen LogP contribution in [-0.4, -0.2) is 40.0 Å². The van der Waals surface area contributed by atoms with Gasteiger partial charge < -0.3 is 20.5 Å². The number of aryl methyl sites for hydroxylation is 2. The second-order valence-corrected chi connectivity index (χ2v) is 7.54. The summed E-state index contributed by atoms with van der Waals surface area (Å²) in [5, 5.41) is 5.57.